The van der Waals surface area contributed by atoms with E-state index in [1.165, 1.54) is 27.0 Å². The number of likely N-dealkylation sites (tertiary alicyclic amines) is 1. The number of hydrogen-bond donors (Lipinski definition) is 1. The van der Waals surface area contributed by atoms with Crippen molar-refractivity contribution in [2.75, 3.05) is 13.7 Å². The molecule has 52 heavy (non-hydrogen) atoms. The minimum absolute atomic E-state index is 0.0324. The summed E-state index contributed by atoms with van der Waals surface area (Å²) in [4.78, 5) is 62.0. The van der Waals surface area contributed by atoms with E-state index < -0.39 is 97.3 Å². The molecule has 0 spiro atoms. The zero-order valence-corrected chi connectivity index (χ0v) is 28.9. The highest BCUT2D eigenvalue weighted by Gasteiger charge is 2.61. The van der Waals surface area contributed by atoms with Gasteiger partial charge in [0.15, 0.2) is 5.41 Å². The van der Waals surface area contributed by atoms with Crippen molar-refractivity contribution in [1.29, 1.82) is 0 Å². The van der Waals surface area contributed by atoms with E-state index in [0.717, 1.165) is 23.4 Å². The van der Waals surface area contributed by atoms with Gasteiger partial charge in [0.2, 0.25) is 11.8 Å². The summed E-state index contributed by atoms with van der Waals surface area (Å²) in [7, 11) is 0.905. The second-order valence-corrected chi connectivity index (χ2v) is 14.1. The topological polar surface area (TPSA) is 154 Å². The molecule has 2 aliphatic rings. The SMILES string of the molecule is COC(=O)C1(Cc2cnc3nc([C@@H](NC(=O)OCc4ccccc4)C4CCC(F)(F)CC4)cn3n2)C[C@H](C(F)(F)F)CN(C(=O)OC(C)(C)C)C1=O. The third-order valence-corrected chi connectivity index (χ3v) is 9.08. The van der Waals surface area contributed by atoms with Crippen LogP contribution < -0.4 is 5.32 Å². The van der Waals surface area contributed by atoms with E-state index >= 15 is 0 Å². The number of hydrogen-bond acceptors (Lipinski definition) is 10. The summed E-state index contributed by atoms with van der Waals surface area (Å²) in [5.41, 5.74) is -2.94. The van der Waals surface area contributed by atoms with Gasteiger partial charge >= 0.3 is 24.3 Å². The Morgan fingerprint density at radius 1 is 1.08 bits per heavy atom. The Morgan fingerprint density at radius 3 is 2.37 bits per heavy atom. The molecule has 0 radical (unpaired) electrons. The molecule has 3 aromatic rings. The lowest BCUT2D eigenvalue weighted by Crippen LogP contribution is -2.61. The lowest BCUT2D eigenvalue weighted by atomic mass is 9.71. The number of benzene rings is 1. The van der Waals surface area contributed by atoms with Gasteiger partial charge in [-0.1, -0.05) is 30.3 Å². The summed E-state index contributed by atoms with van der Waals surface area (Å²) in [6.07, 6.45) is -7.14. The van der Waals surface area contributed by atoms with Crippen LogP contribution in [0.2, 0.25) is 0 Å². The predicted octanol–water partition coefficient (Wildman–Crippen LogP) is 5.97. The molecule has 13 nitrogen and oxygen atoms in total. The summed E-state index contributed by atoms with van der Waals surface area (Å²) in [5, 5.41) is 7.09. The number of esters is 1. The molecule has 3 heterocycles. The normalized spacial score (nSPS) is 21.8. The zero-order chi connectivity index (χ0) is 38.1. The molecule has 1 aliphatic carbocycles. The molecule has 1 saturated carbocycles. The van der Waals surface area contributed by atoms with Gasteiger partial charge in [-0.15, -0.1) is 0 Å². The van der Waals surface area contributed by atoms with Crippen LogP contribution in [-0.4, -0.2) is 79.9 Å². The number of methoxy groups -OCH3 is 1. The molecule has 282 valence electrons. The molecular formula is C34H39F5N6O7. The molecule has 5 rings (SSSR count). The van der Waals surface area contributed by atoms with Gasteiger partial charge in [-0.05, 0) is 51.5 Å². The zero-order valence-electron chi connectivity index (χ0n) is 28.9. The maximum Gasteiger partial charge on any atom is 0.417 e. The number of imidazole rings is 1. The van der Waals surface area contributed by atoms with Crippen molar-refractivity contribution < 1.29 is 55.3 Å². The van der Waals surface area contributed by atoms with Crippen LogP contribution in [0.4, 0.5) is 31.5 Å². The number of halogens is 5. The van der Waals surface area contributed by atoms with Crippen LogP contribution in [-0.2, 0) is 36.8 Å². The number of piperidine rings is 1. The largest absolute Gasteiger partial charge is 0.468 e. The van der Waals surface area contributed by atoms with Crippen LogP contribution in [0.3, 0.4) is 0 Å². The second-order valence-electron chi connectivity index (χ2n) is 14.1. The number of ether oxygens (including phenoxy) is 3. The summed E-state index contributed by atoms with van der Waals surface area (Å²) in [6, 6.07) is 7.95. The third kappa shape index (κ3) is 8.75. The second kappa shape index (κ2) is 14.6. The molecule has 1 saturated heterocycles. The fraction of sp³-hybridized carbons (Fsp3) is 0.559. The molecule has 0 bridgehead atoms. The molecule has 3 amide bonds. The number of alkyl halides is 5. The molecule has 1 aliphatic heterocycles. The van der Waals surface area contributed by atoms with Crippen LogP contribution in [0.5, 0.6) is 0 Å². The highest BCUT2D eigenvalue weighted by Crippen LogP contribution is 2.45. The van der Waals surface area contributed by atoms with Gasteiger partial charge in [-0.2, -0.15) is 18.3 Å². The molecule has 3 atom stereocenters. The van der Waals surface area contributed by atoms with Crippen LogP contribution in [0, 0.1) is 17.3 Å². The maximum absolute atomic E-state index is 14.2. The van der Waals surface area contributed by atoms with E-state index in [-0.39, 0.29) is 41.5 Å². The van der Waals surface area contributed by atoms with Gasteiger partial charge in [0, 0.05) is 25.8 Å². The number of imide groups is 1. The van der Waals surface area contributed by atoms with Crippen LogP contribution >= 0.6 is 0 Å². The van der Waals surface area contributed by atoms with E-state index in [2.05, 4.69) is 20.4 Å². The molecule has 1 aromatic carbocycles. The van der Waals surface area contributed by atoms with Crippen molar-refractivity contribution in [3.63, 3.8) is 0 Å². The predicted molar refractivity (Wildman–Crippen MR) is 170 cm³/mol. The Labute approximate surface area is 295 Å². The maximum atomic E-state index is 14.2. The highest BCUT2D eigenvalue weighted by molar-refractivity contribution is 6.08. The van der Waals surface area contributed by atoms with Gasteiger partial charge < -0.3 is 19.5 Å². The lowest BCUT2D eigenvalue weighted by Gasteiger charge is -2.42. The molecule has 1 unspecified atom stereocenters. The Morgan fingerprint density at radius 2 is 1.75 bits per heavy atom. The molecular weight excluding hydrogens is 699 g/mol. The number of nitrogens with zero attached hydrogens (tertiary/aromatic N) is 5. The monoisotopic (exact) mass is 738 g/mol. The van der Waals surface area contributed by atoms with Crippen molar-refractivity contribution in [2.45, 2.75) is 89.6 Å². The smallest absolute Gasteiger partial charge is 0.417 e. The number of rotatable bonds is 8. The van der Waals surface area contributed by atoms with Crippen molar-refractivity contribution in [2.24, 2.45) is 17.3 Å². The first-order valence-electron chi connectivity index (χ1n) is 16.6. The molecule has 18 heteroatoms. The van der Waals surface area contributed by atoms with Crippen molar-refractivity contribution >= 4 is 29.8 Å². The van der Waals surface area contributed by atoms with Gasteiger partial charge in [0.25, 0.3) is 5.78 Å². The molecule has 2 aromatic heterocycles. The molecule has 1 N–H and O–H groups in total. The number of alkyl carbamates (subject to hydrolysis) is 1. The minimum atomic E-state index is -4.91. The summed E-state index contributed by atoms with van der Waals surface area (Å²) in [5.74, 6) is -8.24. The van der Waals surface area contributed by atoms with E-state index in [4.69, 9.17) is 14.2 Å². The summed E-state index contributed by atoms with van der Waals surface area (Å²) in [6.45, 7) is 3.28. The number of fused-ring (bicyclic) bond motifs is 1. The number of aromatic nitrogens is 4. The van der Waals surface area contributed by atoms with Crippen molar-refractivity contribution in [1.82, 2.24) is 29.8 Å². The number of carbonyl (C=O) groups excluding carboxylic acids is 4. The number of amides is 3. The van der Waals surface area contributed by atoms with Crippen LogP contribution in [0.25, 0.3) is 5.78 Å². The van der Waals surface area contributed by atoms with Crippen LogP contribution in [0.1, 0.15) is 75.9 Å². The van der Waals surface area contributed by atoms with E-state index in [9.17, 15) is 41.1 Å². The van der Waals surface area contributed by atoms with Gasteiger partial charge in [-0.25, -0.2) is 37.8 Å². The summed E-state index contributed by atoms with van der Waals surface area (Å²) < 4.78 is 87.4. The van der Waals surface area contributed by atoms with E-state index in [0.29, 0.717) is 0 Å². The standard InChI is InChI=1S/C34H39F5N6O7/c1-31(2,3)52-30(49)44-17-22(34(37,38)39)14-32(26(44)46,27(47)50-4)15-23-16-40-28-41-24(18-45(28)43-23)25(21-10-12-33(35,36)13-11-21)42-29(48)51-19-20-8-6-5-7-9-20/h5-9,16,18,21-22,25H,10-15,17,19H2,1-4H3,(H,42,48)/t22-,25-,32?/m0/s1. The quantitative estimate of drug-likeness (QED) is 0.127. The molecule has 2 fully saturated rings. The van der Waals surface area contributed by atoms with E-state index in [1.807, 2.05) is 0 Å². The summed E-state index contributed by atoms with van der Waals surface area (Å²) >= 11 is 0. The first-order valence-corrected chi connectivity index (χ1v) is 16.6. The first kappa shape index (κ1) is 38.3. The number of carbonyl (C=O) groups is 4. The Balaban J connectivity index is 1.46. The van der Waals surface area contributed by atoms with Crippen molar-refractivity contribution in [3.8, 4) is 0 Å². The van der Waals surface area contributed by atoms with Gasteiger partial charge in [0.1, 0.15) is 12.2 Å². The fourth-order valence-electron chi connectivity index (χ4n) is 6.51. The average molecular weight is 739 g/mol. The first-order chi connectivity index (χ1) is 24.3. The Hall–Kier alpha value is -4.90. The lowest BCUT2D eigenvalue weighted by molar-refractivity contribution is -0.204. The van der Waals surface area contributed by atoms with Crippen molar-refractivity contribution in [3.05, 3.63) is 59.7 Å². The minimum Gasteiger partial charge on any atom is -0.468 e. The Kier molecular flexibility index (Phi) is 10.8. The highest BCUT2D eigenvalue weighted by atomic mass is 19.4. The Bertz CT molecular complexity index is 1790. The van der Waals surface area contributed by atoms with Gasteiger partial charge in [0.05, 0.1) is 42.9 Å². The number of nitrogens with one attached hydrogen (secondary N) is 1. The van der Waals surface area contributed by atoms with E-state index in [1.54, 1.807) is 30.3 Å². The van der Waals surface area contributed by atoms with Crippen LogP contribution in [0.15, 0.2) is 42.7 Å². The fourth-order valence-corrected chi connectivity index (χ4v) is 6.51. The third-order valence-electron chi connectivity index (χ3n) is 9.08. The van der Waals surface area contributed by atoms with Gasteiger partial charge in [-0.3, -0.25) is 9.59 Å². The average Bonchev–Trinajstić information content (AvgIpc) is 3.49.